The van der Waals surface area contributed by atoms with Crippen molar-refractivity contribution in [2.75, 3.05) is 25.5 Å². The van der Waals surface area contributed by atoms with Crippen LogP contribution < -0.4 is 10.1 Å². The number of hydrogen-bond acceptors (Lipinski definition) is 3. The Hall–Kier alpha value is -2.59. The molecule has 0 spiro atoms. The van der Waals surface area contributed by atoms with E-state index < -0.39 is 0 Å². The van der Waals surface area contributed by atoms with Gasteiger partial charge in [0.15, 0.2) is 0 Å². The number of rotatable bonds is 6. The van der Waals surface area contributed by atoms with Crippen LogP contribution in [-0.4, -0.2) is 30.9 Å². The van der Waals surface area contributed by atoms with Gasteiger partial charge in [-0.05, 0) is 68.7 Å². The molecule has 0 unspecified atom stereocenters. The second kappa shape index (κ2) is 8.68. The van der Waals surface area contributed by atoms with Crippen molar-refractivity contribution in [3.63, 3.8) is 0 Å². The third kappa shape index (κ3) is 4.73. The van der Waals surface area contributed by atoms with Crippen LogP contribution in [0.4, 0.5) is 5.69 Å². The van der Waals surface area contributed by atoms with E-state index in [1.807, 2.05) is 30.3 Å². The van der Waals surface area contributed by atoms with Crippen molar-refractivity contribution in [3.8, 4) is 5.75 Å². The first-order chi connectivity index (χ1) is 12.7. The van der Waals surface area contributed by atoms with Crippen molar-refractivity contribution < 1.29 is 9.53 Å². The number of piperidine rings is 1. The number of carbonyl (C=O) groups is 1. The molecule has 0 aromatic heterocycles. The summed E-state index contributed by atoms with van der Waals surface area (Å²) in [5.41, 5.74) is 3.04. The number of carbonyl (C=O) groups excluding carboxylic acids is 1. The van der Waals surface area contributed by atoms with Gasteiger partial charge in [-0.3, -0.25) is 4.79 Å². The van der Waals surface area contributed by atoms with Crippen LogP contribution in [0.1, 0.15) is 29.9 Å². The zero-order valence-electron chi connectivity index (χ0n) is 15.3. The van der Waals surface area contributed by atoms with Crippen LogP contribution in [0.2, 0.25) is 0 Å². The fraction of sp³-hybridized carbons (Fsp3) is 0.318. The van der Waals surface area contributed by atoms with Crippen LogP contribution in [0.3, 0.4) is 0 Å². The predicted octanol–water partition coefficient (Wildman–Crippen LogP) is 4.20. The van der Waals surface area contributed by atoms with Crippen LogP contribution in [0, 0.1) is 0 Å². The third-order valence-corrected chi connectivity index (χ3v) is 4.90. The van der Waals surface area contributed by atoms with Gasteiger partial charge in [0.25, 0.3) is 0 Å². The summed E-state index contributed by atoms with van der Waals surface area (Å²) in [6.45, 7) is 6.19. The van der Waals surface area contributed by atoms with Crippen molar-refractivity contribution >= 4 is 11.6 Å². The monoisotopic (exact) mass is 350 g/mol. The molecule has 1 heterocycles. The quantitative estimate of drug-likeness (QED) is 0.794. The Morgan fingerprint density at radius 1 is 1.23 bits per heavy atom. The van der Waals surface area contributed by atoms with E-state index in [1.165, 1.54) is 24.5 Å². The average Bonchev–Trinajstić information content (AvgIpc) is 2.68. The van der Waals surface area contributed by atoms with Gasteiger partial charge in [-0.1, -0.05) is 36.9 Å². The lowest BCUT2D eigenvalue weighted by atomic mass is 9.89. The molecule has 4 nitrogen and oxygen atoms in total. The summed E-state index contributed by atoms with van der Waals surface area (Å²) in [6, 6.07) is 16.1. The molecule has 4 heteroatoms. The summed E-state index contributed by atoms with van der Waals surface area (Å²) >= 11 is 0. The van der Waals surface area contributed by atoms with Gasteiger partial charge in [0.05, 0.1) is 0 Å². The minimum absolute atomic E-state index is 0.221. The van der Waals surface area contributed by atoms with Crippen molar-refractivity contribution in [2.24, 2.45) is 0 Å². The number of amides is 1. The molecule has 0 radical (unpaired) electrons. The molecule has 2 aromatic carbocycles. The molecule has 1 aliphatic heterocycles. The van der Waals surface area contributed by atoms with E-state index in [1.54, 1.807) is 0 Å². The SMILES string of the molecule is C=CC(=O)Nc1ccccc1COc1cccc(C2CCN(C)CC2)c1. The maximum Gasteiger partial charge on any atom is 0.247 e. The molecule has 2 aromatic rings. The van der Waals surface area contributed by atoms with Crippen LogP contribution in [-0.2, 0) is 11.4 Å². The van der Waals surface area contributed by atoms with Crippen molar-refractivity contribution in [2.45, 2.75) is 25.4 Å². The number of anilines is 1. The maximum atomic E-state index is 11.6. The summed E-state index contributed by atoms with van der Waals surface area (Å²) in [5, 5.41) is 2.82. The highest BCUT2D eigenvalue weighted by Crippen LogP contribution is 2.30. The Kier molecular flexibility index (Phi) is 6.08. The van der Waals surface area contributed by atoms with E-state index in [2.05, 4.69) is 42.0 Å². The number of likely N-dealkylation sites (tertiary alicyclic amines) is 1. The Bertz CT molecular complexity index is 764. The van der Waals surface area contributed by atoms with Crippen LogP contribution >= 0.6 is 0 Å². The van der Waals surface area contributed by atoms with E-state index in [-0.39, 0.29) is 5.91 Å². The Morgan fingerprint density at radius 3 is 2.77 bits per heavy atom. The van der Waals surface area contributed by atoms with E-state index in [9.17, 15) is 4.79 Å². The van der Waals surface area contributed by atoms with Crippen molar-refractivity contribution in [3.05, 3.63) is 72.3 Å². The molecule has 1 fully saturated rings. The molecule has 136 valence electrons. The Balaban J connectivity index is 1.66. The molecular formula is C22H26N2O2. The van der Waals surface area contributed by atoms with E-state index >= 15 is 0 Å². The predicted molar refractivity (Wildman–Crippen MR) is 106 cm³/mol. The van der Waals surface area contributed by atoms with Gasteiger partial charge in [-0.2, -0.15) is 0 Å². The smallest absolute Gasteiger partial charge is 0.247 e. The lowest BCUT2D eigenvalue weighted by Gasteiger charge is -2.29. The molecule has 0 aliphatic carbocycles. The number of benzene rings is 2. The van der Waals surface area contributed by atoms with E-state index in [4.69, 9.17) is 4.74 Å². The lowest BCUT2D eigenvalue weighted by Crippen LogP contribution is -2.29. The Labute approximate surface area is 155 Å². The average molecular weight is 350 g/mol. The highest BCUT2D eigenvalue weighted by molar-refractivity contribution is 5.99. The highest BCUT2D eigenvalue weighted by Gasteiger charge is 2.18. The van der Waals surface area contributed by atoms with Gasteiger partial charge >= 0.3 is 0 Å². The van der Waals surface area contributed by atoms with E-state index in [0.29, 0.717) is 12.5 Å². The molecule has 1 saturated heterocycles. The first-order valence-electron chi connectivity index (χ1n) is 9.08. The maximum absolute atomic E-state index is 11.6. The minimum Gasteiger partial charge on any atom is -0.489 e. The molecule has 1 amide bonds. The number of para-hydroxylation sites is 1. The molecule has 0 bridgehead atoms. The van der Waals surface area contributed by atoms with Gasteiger partial charge in [0.1, 0.15) is 12.4 Å². The van der Waals surface area contributed by atoms with Gasteiger partial charge in [0.2, 0.25) is 5.91 Å². The Morgan fingerprint density at radius 2 is 2.00 bits per heavy atom. The summed E-state index contributed by atoms with van der Waals surface area (Å²) < 4.78 is 6.01. The highest BCUT2D eigenvalue weighted by atomic mass is 16.5. The standard InChI is InChI=1S/C22H26N2O2/c1-3-22(25)23-21-10-5-4-7-19(21)16-26-20-9-6-8-18(15-20)17-11-13-24(2)14-12-17/h3-10,15,17H,1,11-14,16H2,2H3,(H,23,25). The van der Waals surface area contributed by atoms with Crippen molar-refractivity contribution in [1.82, 2.24) is 4.90 Å². The molecular weight excluding hydrogens is 324 g/mol. The van der Waals surface area contributed by atoms with Crippen LogP contribution in [0.5, 0.6) is 5.75 Å². The summed E-state index contributed by atoms with van der Waals surface area (Å²) in [5.74, 6) is 1.25. The van der Waals surface area contributed by atoms with E-state index in [0.717, 1.165) is 30.1 Å². The van der Waals surface area contributed by atoms with Gasteiger partial charge in [0, 0.05) is 11.3 Å². The zero-order valence-corrected chi connectivity index (χ0v) is 15.3. The number of hydrogen-bond donors (Lipinski definition) is 1. The largest absolute Gasteiger partial charge is 0.489 e. The summed E-state index contributed by atoms with van der Waals surface area (Å²) in [6.07, 6.45) is 3.65. The second-order valence-electron chi connectivity index (χ2n) is 6.79. The van der Waals surface area contributed by atoms with Crippen molar-refractivity contribution in [1.29, 1.82) is 0 Å². The zero-order chi connectivity index (χ0) is 18.4. The minimum atomic E-state index is -0.221. The first kappa shape index (κ1) is 18.2. The van der Waals surface area contributed by atoms with Gasteiger partial charge < -0.3 is 15.0 Å². The fourth-order valence-electron chi connectivity index (χ4n) is 3.31. The topological polar surface area (TPSA) is 41.6 Å². The molecule has 1 N–H and O–H groups in total. The number of ether oxygens (including phenoxy) is 1. The van der Waals surface area contributed by atoms with Gasteiger partial charge in [-0.15, -0.1) is 0 Å². The number of nitrogens with zero attached hydrogens (tertiary/aromatic N) is 1. The molecule has 1 aliphatic rings. The van der Waals surface area contributed by atoms with Crippen LogP contribution in [0.25, 0.3) is 0 Å². The van der Waals surface area contributed by atoms with Crippen LogP contribution in [0.15, 0.2) is 61.2 Å². The summed E-state index contributed by atoms with van der Waals surface area (Å²) in [4.78, 5) is 14.0. The molecule has 0 atom stereocenters. The lowest BCUT2D eigenvalue weighted by molar-refractivity contribution is -0.111. The molecule has 3 rings (SSSR count). The summed E-state index contributed by atoms with van der Waals surface area (Å²) in [7, 11) is 2.18. The van der Waals surface area contributed by atoms with Gasteiger partial charge in [-0.25, -0.2) is 0 Å². The fourth-order valence-corrected chi connectivity index (χ4v) is 3.31. The molecule has 0 saturated carbocycles. The second-order valence-corrected chi connectivity index (χ2v) is 6.79. The number of nitrogens with one attached hydrogen (secondary N) is 1. The first-order valence-corrected chi connectivity index (χ1v) is 9.08. The normalized spacial score (nSPS) is 15.4. The molecule has 26 heavy (non-hydrogen) atoms. The third-order valence-electron chi connectivity index (χ3n) is 4.90.